The SMILES string of the molecule is CC(C)N1CCn2c(CNC(=O)CCc3cccc(Cl)c3)cc(=O)c(O)c2C1=O.N=c1ccc(C(N)=O)cn1C(N)=O. The van der Waals surface area contributed by atoms with Crippen LogP contribution in [0.5, 0.6) is 5.75 Å². The zero-order valence-corrected chi connectivity index (χ0v) is 23.9. The Morgan fingerprint density at radius 3 is 2.43 bits per heavy atom. The normalized spacial score (nSPS) is 12.3. The van der Waals surface area contributed by atoms with Crippen LogP contribution in [-0.2, 0) is 24.3 Å². The number of aromatic nitrogens is 2. The smallest absolute Gasteiger partial charge is 0.324 e. The van der Waals surface area contributed by atoms with Gasteiger partial charge in [-0.3, -0.25) is 29.2 Å². The Labute approximate surface area is 245 Å². The third-order valence-electron chi connectivity index (χ3n) is 6.49. The number of fused-ring (bicyclic) bond motifs is 1. The first-order valence-electron chi connectivity index (χ1n) is 12.9. The number of primary amides is 2. The molecule has 0 bridgehead atoms. The molecule has 4 amide bonds. The van der Waals surface area contributed by atoms with E-state index < -0.39 is 23.1 Å². The maximum atomic E-state index is 12.7. The zero-order chi connectivity index (χ0) is 31.1. The summed E-state index contributed by atoms with van der Waals surface area (Å²) in [5.41, 5.74) is 10.8. The number of hydrogen-bond acceptors (Lipinski definition) is 7. The summed E-state index contributed by atoms with van der Waals surface area (Å²) in [6.07, 6.45) is 1.95. The van der Waals surface area contributed by atoms with Crippen molar-refractivity contribution in [1.82, 2.24) is 19.4 Å². The topological polar surface area (TPSA) is 207 Å². The maximum Gasteiger partial charge on any atom is 0.324 e. The summed E-state index contributed by atoms with van der Waals surface area (Å²) in [4.78, 5) is 60.1. The number of rotatable bonds is 7. The molecule has 222 valence electrons. The molecule has 4 rings (SSSR count). The lowest BCUT2D eigenvalue weighted by Crippen LogP contribution is -2.46. The van der Waals surface area contributed by atoms with Crippen LogP contribution in [0.1, 0.15) is 52.4 Å². The van der Waals surface area contributed by atoms with Crippen molar-refractivity contribution in [2.24, 2.45) is 11.5 Å². The Hall–Kier alpha value is -4.91. The fourth-order valence-corrected chi connectivity index (χ4v) is 4.51. The fourth-order valence-electron chi connectivity index (χ4n) is 4.30. The van der Waals surface area contributed by atoms with Gasteiger partial charge in [0.1, 0.15) is 5.49 Å². The summed E-state index contributed by atoms with van der Waals surface area (Å²) in [5.74, 6) is -1.77. The van der Waals surface area contributed by atoms with Crippen molar-refractivity contribution in [3.8, 4) is 5.75 Å². The van der Waals surface area contributed by atoms with Crippen molar-refractivity contribution >= 4 is 35.4 Å². The van der Waals surface area contributed by atoms with E-state index in [1.54, 1.807) is 15.5 Å². The van der Waals surface area contributed by atoms with Gasteiger partial charge in [-0.05, 0) is 50.1 Å². The highest BCUT2D eigenvalue weighted by atomic mass is 35.5. The first kappa shape index (κ1) is 31.6. The van der Waals surface area contributed by atoms with E-state index in [1.807, 2.05) is 32.0 Å². The predicted molar refractivity (Wildman–Crippen MR) is 154 cm³/mol. The van der Waals surface area contributed by atoms with Crippen molar-refractivity contribution in [2.45, 2.75) is 45.8 Å². The molecule has 2 aromatic heterocycles. The molecule has 1 aliphatic heterocycles. The summed E-state index contributed by atoms with van der Waals surface area (Å²) in [6, 6.07) is 10.4. The third-order valence-corrected chi connectivity index (χ3v) is 6.73. The van der Waals surface area contributed by atoms with Crippen LogP contribution in [-0.4, -0.2) is 55.5 Å². The van der Waals surface area contributed by atoms with Gasteiger partial charge in [0.05, 0.1) is 12.1 Å². The maximum absolute atomic E-state index is 12.7. The second kappa shape index (κ2) is 13.6. The van der Waals surface area contributed by atoms with Gasteiger partial charge >= 0.3 is 6.03 Å². The van der Waals surface area contributed by atoms with Gasteiger partial charge in [0.15, 0.2) is 11.4 Å². The van der Waals surface area contributed by atoms with Crippen LogP contribution in [0.4, 0.5) is 4.79 Å². The van der Waals surface area contributed by atoms with Crippen molar-refractivity contribution in [3.63, 3.8) is 0 Å². The van der Waals surface area contributed by atoms with E-state index >= 15 is 0 Å². The van der Waals surface area contributed by atoms with E-state index in [2.05, 4.69) is 5.32 Å². The minimum atomic E-state index is -0.826. The molecule has 1 aromatic carbocycles. The van der Waals surface area contributed by atoms with E-state index in [0.717, 1.165) is 16.3 Å². The summed E-state index contributed by atoms with van der Waals surface area (Å²) in [5, 5.41) is 20.8. The van der Waals surface area contributed by atoms with Crippen molar-refractivity contribution < 1.29 is 24.3 Å². The fraction of sp³-hybridized carbons (Fsp3) is 0.286. The van der Waals surface area contributed by atoms with Gasteiger partial charge < -0.3 is 31.4 Å². The molecule has 0 radical (unpaired) electrons. The van der Waals surface area contributed by atoms with Crippen LogP contribution in [0.2, 0.25) is 5.02 Å². The average molecular weight is 598 g/mol. The minimum Gasteiger partial charge on any atom is -0.503 e. The van der Waals surface area contributed by atoms with E-state index in [-0.39, 0.29) is 47.6 Å². The molecule has 0 unspecified atom stereocenters. The Bertz CT molecular complexity index is 1650. The van der Waals surface area contributed by atoms with Crippen LogP contribution in [0.25, 0.3) is 0 Å². The largest absolute Gasteiger partial charge is 0.503 e. The molecule has 3 aromatic rings. The summed E-state index contributed by atoms with van der Waals surface area (Å²) < 4.78 is 2.45. The number of amides is 4. The molecule has 1 aliphatic rings. The molecule has 0 fully saturated rings. The molecule has 3 heterocycles. The lowest BCUT2D eigenvalue weighted by atomic mass is 10.1. The standard InChI is InChI=1S/C21H24ClN3O4.C7H8N4O2/c1-13(2)24-8-9-25-16(11-17(26)20(28)19(25)21(24)29)12-23-18(27)7-6-14-4-3-5-15(22)10-14;8-5-2-1-4(6(9)12)3-11(5)7(10)13/h3-5,10-11,13,28H,6-9,12H2,1-2H3,(H,23,27);1-3,8H,(H2,9,12)(H2,10,13). The second-order valence-electron chi connectivity index (χ2n) is 9.72. The van der Waals surface area contributed by atoms with Crippen molar-refractivity contribution in [2.75, 3.05) is 6.54 Å². The lowest BCUT2D eigenvalue weighted by Gasteiger charge is -2.34. The highest BCUT2D eigenvalue weighted by Gasteiger charge is 2.31. The number of aromatic hydroxyl groups is 1. The van der Waals surface area contributed by atoms with E-state index in [4.69, 9.17) is 28.5 Å². The van der Waals surface area contributed by atoms with Gasteiger partial charge in [0.2, 0.25) is 17.2 Å². The third kappa shape index (κ3) is 7.63. The number of pyridine rings is 2. The van der Waals surface area contributed by atoms with Crippen LogP contribution >= 0.6 is 11.6 Å². The van der Waals surface area contributed by atoms with E-state index in [9.17, 15) is 29.1 Å². The molecule has 7 N–H and O–H groups in total. The molecule has 0 spiro atoms. The molecule has 0 atom stereocenters. The minimum absolute atomic E-state index is 0.0133. The van der Waals surface area contributed by atoms with Crippen LogP contribution in [0, 0.1) is 5.41 Å². The summed E-state index contributed by atoms with van der Waals surface area (Å²) in [6.45, 7) is 4.79. The Balaban J connectivity index is 0.000000312. The number of nitrogens with two attached hydrogens (primary N) is 2. The molecule has 0 aliphatic carbocycles. The molecular formula is C28H32ClN7O6. The quantitative estimate of drug-likeness (QED) is 0.271. The van der Waals surface area contributed by atoms with Crippen LogP contribution < -0.4 is 27.7 Å². The number of aryl methyl sites for hydroxylation is 1. The molecule has 42 heavy (non-hydrogen) atoms. The summed E-state index contributed by atoms with van der Waals surface area (Å²) in [7, 11) is 0. The summed E-state index contributed by atoms with van der Waals surface area (Å²) >= 11 is 5.95. The number of nitrogens with one attached hydrogen (secondary N) is 2. The first-order chi connectivity index (χ1) is 19.8. The average Bonchev–Trinajstić information content (AvgIpc) is 2.93. The van der Waals surface area contributed by atoms with E-state index in [0.29, 0.717) is 30.2 Å². The number of halogens is 1. The van der Waals surface area contributed by atoms with Gasteiger partial charge in [0, 0.05) is 48.5 Å². The Kier molecular flexibility index (Phi) is 10.3. The Morgan fingerprint density at radius 1 is 1.10 bits per heavy atom. The van der Waals surface area contributed by atoms with Gasteiger partial charge in [-0.25, -0.2) is 4.79 Å². The lowest BCUT2D eigenvalue weighted by molar-refractivity contribution is -0.121. The molecule has 0 saturated heterocycles. The van der Waals surface area contributed by atoms with Crippen molar-refractivity contribution in [3.05, 3.63) is 91.9 Å². The van der Waals surface area contributed by atoms with Gasteiger partial charge in [-0.1, -0.05) is 23.7 Å². The molecule has 0 saturated carbocycles. The van der Waals surface area contributed by atoms with Crippen molar-refractivity contribution in [1.29, 1.82) is 5.41 Å². The molecule has 13 nitrogen and oxygen atoms in total. The molecular weight excluding hydrogens is 566 g/mol. The van der Waals surface area contributed by atoms with E-state index in [1.165, 1.54) is 18.2 Å². The number of hydrogen-bond donors (Lipinski definition) is 5. The number of nitrogens with zero attached hydrogens (tertiary/aromatic N) is 3. The zero-order valence-electron chi connectivity index (χ0n) is 23.1. The first-order valence-corrected chi connectivity index (χ1v) is 13.3. The number of benzene rings is 1. The monoisotopic (exact) mass is 597 g/mol. The highest BCUT2D eigenvalue weighted by molar-refractivity contribution is 6.30. The highest BCUT2D eigenvalue weighted by Crippen LogP contribution is 2.22. The van der Waals surface area contributed by atoms with Gasteiger partial charge in [-0.2, -0.15) is 0 Å². The van der Waals surface area contributed by atoms with Gasteiger partial charge in [0.25, 0.3) is 5.91 Å². The number of carbonyl (C=O) groups excluding carboxylic acids is 4. The van der Waals surface area contributed by atoms with Crippen LogP contribution in [0.3, 0.4) is 0 Å². The second-order valence-corrected chi connectivity index (χ2v) is 10.2. The number of carbonyl (C=O) groups is 4. The molecule has 14 heteroatoms. The predicted octanol–water partition coefficient (Wildman–Crippen LogP) is 1.31. The Morgan fingerprint density at radius 2 is 1.81 bits per heavy atom. The van der Waals surface area contributed by atoms with Gasteiger partial charge in [-0.15, -0.1) is 0 Å². The van der Waals surface area contributed by atoms with Crippen LogP contribution in [0.15, 0.2) is 53.5 Å².